The summed E-state index contributed by atoms with van der Waals surface area (Å²) in [6, 6.07) is 7.22. The molecule has 0 bridgehead atoms. The summed E-state index contributed by atoms with van der Waals surface area (Å²) in [6.07, 6.45) is 3.22. The van der Waals surface area contributed by atoms with Gasteiger partial charge in [-0.3, -0.25) is 14.4 Å². The van der Waals surface area contributed by atoms with Gasteiger partial charge < -0.3 is 4.74 Å². The molecule has 0 unspecified atom stereocenters. The number of carbonyl (C=O) groups excluding carboxylic acids is 3. The Morgan fingerprint density at radius 1 is 1.35 bits per heavy atom. The van der Waals surface area contributed by atoms with Crippen LogP contribution in [0.2, 0.25) is 0 Å². The number of thioether (sulfide) groups is 1. The van der Waals surface area contributed by atoms with Gasteiger partial charge >= 0.3 is 5.97 Å². The first-order valence-corrected chi connectivity index (χ1v) is 9.99. The number of allylic oxidation sites excluding steroid dienone is 1. The smallest absolute Gasteiger partial charge is 0.310 e. The van der Waals surface area contributed by atoms with E-state index in [2.05, 4.69) is 0 Å². The van der Waals surface area contributed by atoms with Crippen molar-refractivity contribution in [2.45, 2.75) is 40.2 Å². The van der Waals surface area contributed by atoms with Crippen LogP contribution in [0.15, 0.2) is 35.9 Å². The number of hydrogen-bond donors (Lipinski definition) is 0. The standard InChI is InChI=1S/C21H24O4S/c1-4-17(22)14-7-5-6-13(10-14)12-25-19(23)18-16(21(18,2)3)11-15-8-9-26-20(15)24/h5-7,10-11,16,18H,4,8-9,12H2,1-3H3/b15-11+/t16-,18-/m0/s1. The molecule has 1 aromatic carbocycles. The van der Waals surface area contributed by atoms with Crippen LogP contribution in [0, 0.1) is 17.3 Å². The molecular weight excluding hydrogens is 348 g/mol. The Hall–Kier alpha value is -1.88. The number of carbonyl (C=O) groups is 3. The number of benzene rings is 1. The van der Waals surface area contributed by atoms with Gasteiger partial charge in [-0.05, 0) is 29.4 Å². The molecule has 1 heterocycles. The van der Waals surface area contributed by atoms with Crippen molar-refractivity contribution in [1.82, 2.24) is 0 Å². The summed E-state index contributed by atoms with van der Waals surface area (Å²) >= 11 is 1.35. The minimum absolute atomic E-state index is 0.0562. The summed E-state index contributed by atoms with van der Waals surface area (Å²) in [5, 5.41) is 0.136. The fraction of sp³-hybridized carbons (Fsp3) is 0.476. The SMILES string of the molecule is CCC(=O)c1cccc(COC(=O)[C@@H]2[C@H](/C=C3\CCSC3=O)C2(C)C)c1. The fourth-order valence-electron chi connectivity index (χ4n) is 3.54. The minimum Gasteiger partial charge on any atom is -0.461 e. The Kier molecular flexibility index (Phi) is 5.37. The van der Waals surface area contributed by atoms with Gasteiger partial charge in [0.1, 0.15) is 6.61 Å². The molecule has 2 fully saturated rings. The van der Waals surface area contributed by atoms with Crippen molar-refractivity contribution in [3.05, 3.63) is 47.0 Å². The maximum Gasteiger partial charge on any atom is 0.310 e. The summed E-state index contributed by atoms with van der Waals surface area (Å²) in [5.74, 6) is 0.517. The number of hydrogen-bond acceptors (Lipinski definition) is 5. The second-order valence-electron chi connectivity index (χ2n) is 7.49. The van der Waals surface area contributed by atoms with Crippen molar-refractivity contribution in [3.63, 3.8) is 0 Å². The summed E-state index contributed by atoms with van der Waals surface area (Å²) in [5.41, 5.74) is 2.12. The molecular formula is C21H24O4S. The average molecular weight is 372 g/mol. The highest BCUT2D eigenvalue weighted by molar-refractivity contribution is 8.14. The molecule has 1 saturated heterocycles. The topological polar surface area (TPSA) is 60.4 Å². The van der Waals surface area contributed by atoms with Gasteiger partial charge in [0.05, 0.1) is 5.92 Å². The Morgan fingerprint density at radius 2 is 2.12 bits per heavy atom. The van der Waals surface area contributed by atoms with Gasteiger partial charge in [-0.15, -0.1) is 0 Å². The molecule has 1 aromatic rings. The molecule has 138 valence electrons. The molecule has 3 rings (SSSR count). The molecule has 2 aliphatic rings. The summed E-state index contributed by atoms with van der Waals surface area (Å²) in [4.78, 5) is 36.1. The van der Waals surface area contributed by atoms with Crippen molar-refractivity contribution in [2.24, 2.45) is 17.3 Å². The molecule has 26 heavy (non-hydrogen) atoms. The van der Waals surface area contributed by atoms with Crippen molar-refractivity contribution in [2.75, 3.05) is 5.75 Å². The van der Waals surface area contributed by atoms with E-state index < -0.39 is 0 Å². The number of Topliss-reactive ketones (excluding diaryl/α,β-unsaturated/α-hetero) is 1. The Morgan fingerprint density at radius 3 is 2.77 bits per heavy atom. The Bertz CT molecular complexity index is 778. The zero-order chi connectivity index (χ0) is 18.9. The summed E-state index contributed by atoms with van der Waals surface area (Å²) in [6.45, 7) is 6.06. The fourth-order valence-corrected chi connectivity index (χ4v) is 4.40. The monoisotopic (exact) mass is 372 g/mol. The first-order chi connectivity index (χ1) is 12.3. The Labute approximate surface area is 158 Å². The molecule has 0 amide bonds. The number of ketones is 1. The van der Waals surface area contributed by atoms with E-state index in [4.69, 9.17) is 4.74 Å². The van der Waals surface area contributed by atoms with Gasteiger partial charge in [-0.2, -0.15) is 0 Å². The highest BCUT2D eigenvalue weighted by Gasteiger charge is 2.61. The first-order valence-electron chi connectivity index (χ1n) is 9.01. The maximum atomic E-state index is 12.5. The molecule has 1 saturated carbocycles. The molecule has 4 nitrogen and oxygen atoms in total. The maximum absolute atomic E-state index is 12.5. The largest absolute Gasteiger partial charge is 0.461 e. The van der Waals surface area contributed by atoms with E-state index >= 15 is 0 Å². The van der Waals surface area contributed by atoms with Gasteiger partial charge in [-0.1, -0.05) is 56.8 Å². The molecule has 0 spiro atoms. The van der Waals surface area contributed by atoms with Crippen LogP contribution in [0.3, 0.4) is 0 Å². The minimum atomic E-state index is -0.234. The average Bonchev–Trinajstić information content (AvgIpc) is 2.93. The van der Waals surface area contributed by atoms with Crippen LogP contribution in [0.4, 0.5) is 0 Å². The van der Waals surface area contributed by atoms with Crippen molar-refractivity contribution >= 4 is 28.6 Å². The molecule has 0 N–H and O–H groups in total. The van der Waals surface area contributed by atoms with Gasteiger partial charge in [-0.25, -0.2) is 0 Å². The van der Waals surface area contributed by atoms with Gasteiger partial charge in [0, 0.05) is 23.3 Å². The summed E-state index contributed by atoms with van der Waals surface area (Å²) in [7, 11) is 0. The van der Waals surface area contributed by atoms with Crippen LogP contribution < -0.4 is 0 Å². The zero-order valence-corrected chi connectivity index (χ0v) is 16.2. The van der Waals surface area contributed by atoms with E-state index in [0.717, 1.165) is 23.3 Å². The molecule has 2 atom stereocenters. The number of esters is 1. The predicted octanol–water partition coefficient (Wildman–Crippen LogP) is 4.18. The normalized spacial score (nSPS) is 25.3. The number of ether oxygens (including phenoxy) is 1. The highest BCUT2D eigenvalue weighted by atomic mass is 32.2. The quantitative estimate of drug-likeness (QED) is 0.426. The van der Waals surface area contributed by atoms with Crippen LogP contribution in [0.1, 0.15) is 49.5 Å². The van der Waals surface area contributed by atoms with Crippen molar-refractivity contribution in [1.29, 1.82) is 0 Å². The molecule has 0 radical (unpaired) electrons. The van der Waals surface area contributed by atoms with Crippen LogP contribution in [-0.2, 0) is 20.9 Å². The lowest BCUT2D eigenvalue weighted by Crippen LogP contribution is -2.11. The lowest BCUT2D eigenvalue weighted by atomic mass is 10.1. The van der Waals surface area contributed by atoms with Gasteiger partial charge in [0.2, 0.25) is 5.12 Å². The molecule has 0 aromatic heterocycles. The lowest BCUT2D eigenvalue weighted by molar-refractivity contribution is -0.147. The van der Waals surface area contributed by atoms with Crippen molar-refractivity contribution in [3.8, 4) is 0 Å². The van der Waals surface area contributed by atoms with E-state index in [9.17, 15) is 14.4 Å². The number of rotatable bonds is 6. The van der Waals surface area contributed by atoms with E-state index in [-0.39, 0.29) is 40.7 Å². The van der Waals surface area contributed by atoms with E-state index in [1.54, 1.807) is 12.1 Å². The third-order valence-electron chi connectivity index (χ3n) is 5.36. The van der Waals surface area contributed by atoms with Crippen LogP contribution in [-0.4, -0.2) is 22.6 Å². The molecule has 1 aliphatic carbocycles. The molecule has 5 heteroatoms. The van der Waals surface area contributed by atoms with E-state index in [1.807, 2.05) is 39.0 Å². The van der Waals surface area contributed by atoms with Crippen LogP contribution >= 0.6 is 11.8 Å². The van der Waals surface area contributed by atoms with E-state index in [1.165, 1.54) is 11.8 Å². The third-order valence-corrected chi connectivity index (χ3v) is 6.30. The summed E-state index contributed by atoms with van der Waals surface area (Å²) < 4.78 is 5.51. The van der Waals surface area contributed by atoms with E-state index in [0.29, 0.717) is 12.0 Å². The second kappa shape index (κ2) is 7.39. The highest BCUT2D eigenvalue weighted by Crippen LogP contribution is 2.60. The first kappa shape index (κ1) is 18.9. The van der Waals surface area contributed by atoms with Gasteiger partial charge in [0.15, 0.2) is 5.78 Å². The second-order valence-corrected chi connectivity index (χ2v) is 8.56. The Balaban J connectivity index is 1.62. The third kappa shape index (κ3) is 3.78. The van der Waals surface area contributed by atoms with Crippen LogP contribution in [0.5, 0.6) is 0 Å². The van der Waals surface area contributed by atoms with Gasteiger partial charge in [0.25, 0.3) is 0 Å². The lowest BCUT2D eigenvalue weighted by Gasteiger charge is -2.07. The predicted molar refractivity (Wildman–Crippen MR) is 102 cm³/mol. The van der Waals surface area contributed by atoms with Crippen molar-refractivity contribution < 1.29 is 19.1 Å². The zero-order valence-electron chi connectivity index (χ0n) is 15.4. The van der Waals surface area contributed by atoms with Crippen LogP contribution in [0.25, 0.3) is 0 Å². The molecule has 1 aliphatic heterocycles.